The average Bonchev–Trinajstić information content (AvgIpc) is 3.04. The monoisotopic (exact) mass is 370 g/mol. The van der Waals surface area contributed by atoms with Gasteiger partial charge in [-0.2, -0.15) is 4.72 Å². The lowest BCUT2D eigenvalue weighted by atomic mass is 10.3. The molecule has 2 rings (SSSR count). The van der Waals surface area contributed by atoms with E-state index in [0.29, 0.717) is 11.6 Å². The molecule has 0 saturated carbocycles. The number of benzene rings is 1. The van der Waals surface area contributed by atoms with Crippen molar-refractivity contribution in [2.75, 3.05) is 6.54 Å². The molecule has 9 heteroatoms. The third kappa shape index (κ3) is 5.33. The van der Waals surface area contributed by atoms with E-state index in [1.807, 2.05) is 10.8 Å². The number of rotatable bonds is 8. The Morgan fingerprint density at radius 3 is 2.67 bits per heavy atom. The molecule has 1 amide bonds. The third-order valence-corrected chi connectivity index (χ3v) is 5.11. The van der Waals surface area contributed by atoms with Crippen molar-refractivity contribution in [2.45, 2.75) is 30.8 Å². The number of sulfonamides is 1. The minimum Gasteiger partial charge on any atom is -0.355 e. The maximum absolute atomic E-state index is 12.2. The molecule has 0 spiro atoms. The molecule has 0 aliphatic carbocycles. The van der Waals surface area contributed by atoms with Crippen LogP contribution in [0.25, 0.3) is 0 Å². The highest BCUT2D eigenvalue weighted by Crippen LogP contribution is 2.14. The van der Waals surface area contributed by atoms with Crippen LogP contribution in [0.4, 0.5) is 0 Å². The maximum atomic E-state index is 12.2. The van der Waals surface area contributed by atoms with Crippen molar-refractivity contribution < 1.29 is 13.2 Å². The lowest BCUT2D eigenvalue weighted by molar-refractivity contribution is -0.122. The lowest BCUT2D eigenvalue weighted by Crippen LogP contribution is -2.45. The molecule has 24 heavy (non-hydrogen) atoms. The minimum atomic E-state index is -3.77. The number of aromatic nitrogens is 2. The number of hydrogen-bond acceptors (Lipinski definition) is 4. The summed E-state index contributed by atoms with van der Waals surface area (Å²) in [6, 6.07) is 4.87. The van der Waals surface area contributed by atoms with E-state index < -0.39 is 16.1 Å². The zero-order valence-electron chi connectivity index (χ0n) is 13.1. The van der Waals surface area contributed by atoms with Gasteiger partial charge < -0.3 is 9.88 Å². The summed E-state index contributed by atoms with van der Waals surface area (Å²) < 4.78 is 28.6. The largest absolute Gasteiger partial charge is 0.355 e. The molecular formula is C15H19ClN4O3S. The molecule has 7 nitrogen and oxygen atoms in total. The summed E-state index contributed by atoms with van der Waals surface area (Å²) in [6.45, 7) is 2.67. The van der Waals surface area contributed by atoms with Gasteiger partial charge in [-0.3, -0.25) is 4.79 Å². The highest BCUT2D eigenvalue weighted by Gasteiger charge is 2.21. The minimum absolute atomic E-state index is 0.0617. The van der Waals surface area contributed by atoms with Gasteiger partial charge in [0.2, 0.25) is 15.9 Å². The normalized spacial score (nSPS) is 12.8. The number of nitrogens with zero attached hydrogens (tertiary/aromatic N) is 2. The van der Waals surface area contributed by atoms with Crippen molar-refractivity contribution in [3.05, 3.63) is 48.0 Å². The Morgan fingerprint density at radius 1 is 1.33 bits per heavy atom. The number of imidazole rings is 1. The Kier molecular flexibility index (Phi) is 6.36. The Morgan fingerprint density at radius 2 is 2.04 bits per heavy atom. The van der Waals surface area contributed by atoms with Crippen molar-refractivity contribution in [3.63, 3.8) is 0 Å². The SMILES string of the molecule is C[C@H](NS(=O)(=O)c1ccc(Cl)cc1)C(=O)NCCCn1ccnc1. The quantitative estimate of drug-likeness (QED) is 0.687. The van der Waals surface area contributed by atoms with Gasteiger partial charge in [0.25, 0.3) is 0 Å². The second-order valence-electron chi connectivity index (χ2n) is 5.24. The fourth-order valence-corrected chi connectivity index (χ4v) is 3.34. The van der Waals surface area contributed by atoms with Gasteiger partial charge in [-0.15, -0.1) is 0 Å². The second-order valence-corrected chi connectivity index (χ2v) is 7.39. The molecule has 0 fully saturated rings. The van der Waals surface area contributed by atoms with Gasteiger partial charge >= 0.3 is 0 Å². The smallest absolute Gasteiger partial charge is 0.241 e. The Balaban J connectivity index is 1.80. The van der Waals surface area contributed by atoms with Crippen LogP contribution in [0.1, 0.15) is 13.3 Å². The van der Waals surface area contributed by atoms with E-state index in [0.717, 1.165) is 13.0 Å². The van der Waals surface area contributed by atoms with Crippen molar-refractivity contribution in [1.82, 2.24) is 19.6 Å². The fraction of sp³-hybridized carbons (Fsp3) is 0.333. The number of halogens is 1. The first-order valence-electron chi connectivity index (χ1n) is 7.40. The van der Waals surface area contributed by atoms with Crippen LogP contribution in [0.5, 0.6) is 0 Å². The van der Waals surface area contributed by atoms with Gasteiger partial charge in [0.05, 0.1) is 17.3 Å². The van der Waals surface area contributed by atoms with E-state index in [-0.39, 0.29) is 10.8 Å². The summed E-state index contributed by atoms with van der Waals surface area (Å²) in [7, 11) is -3.77. The van der Waals surface area contributed by atoms with Gasteiger partial charge in [-0.05, 0) is 37.6 Å². The molecule has 1 aromatic carbocycles. The van der Waals surface area contributed by atoms with Crippen LogP contribution in [-0.4, -0.2) is 36.5 Å². The number of hydrogen-bond donors (Lipinski definition) is 2. The van der Waals surface area contributed by atoms with Gasteiger partial charge in [-0.1, -0.05) is 11.6 Å². The molecule has 1 aromatic heterocycles. The van der Waals surface area contributed by atoms with Crippen LogP contribution in [0, 0.1) is 0 Å². The van der Waals surface area contributed by atoms with E-state index in [4.69, 9.17) is 11.6 Å². The first kappa shape index (κ1) is 18.4. The van der Waals surface area contributed by atoms with Gasteiger partial charge in [0.1, 0.15) is 0 Å². The second kappa shape index (κ2) is 8.27. The highest BCUT2D eigenvalue weighted by atomic mass is 35.5. The summed E-state index contributed by atoms with van der Waals surface area (Å²) in [4.78, 5) is 16.0. The fourth-order valence-electron chi connectivity index (χ4n) is 2.01. The summed E-state index contributed by atoms with van der Waals surface area (Å²) in [5.41, 5.74) is 0. The topological polar surface area (TPSA) is 93.1 Å². The van der Waals surface area contributed by atoms with E-state index in [2.05, 4.69) is 15.0 Å². The van der Waals surface area contributed by atoms with Gasteiger partial charge in [0.15, 0.2) is 0 Å². The summed E-state index contributed by atoms with van der Waals surface area (Å²) in [5.74, 6) is -0.377. The molecule has 0 saturated heterocycles. The van der Waals surface area contributed by atoms with Crippen LogP contribution in [0.3, 0.4) is 0 Å². The molecule has 0 radical (unpaired) electrons. The summed E-state index contributed by atoms with van der Waals surface area (Å²) in [5, 5.41) is 3.15. The average molecular weight is 371 g/mol. The molecule has 1 atom stereocenters. The standard InChI is InChI=1S/C15H19ClN4O3S/c1-12(15(21)18-7-2-9-20-10-8-17-11-20)19-24(22,23)14-5-3-13(16)4-6-14/h3-6,8,10-12,19H,2,7,9H2,1H3,(H,18,21)/t12-/m0/s1. The van der Waals surface area contributed by atoms with Crippen molar-refractivity contribution >= 4 is 27.5 Å². The molecule has 0 aliphatic rings. The molecule has 0 aliphatic heterocycles. The number of nitrogens with one attached hydrogen (secondary N) is 2. The Labute approximate surface area is 146 Å². The molecule has 2 N–H and O–H groups in total. The zero-order valence-corrected chi connectivity index (χ0v) is 14.7. The number of carbonyl (C=O) groups excluding carboxylic acids is 1. The molecule has 0 unspecified atom stereocenters. The van der Waals surface area contributed by atoms with Crippen LogP contribution in [0.15, 0.2) is 47.9 Å². The predicted octanol–water partition coefficient (Wildman–Crippen LogP) is 1.41. The van der Waals surface area contributed by atoms with E-state index in [1.165, 1.54) is 31.2 Å². The number of amides is 1. The van der Waals surface area contributed by atoms with Gasteiger partial charge in [0, 0.05) is 30.5 Å². The summed E-state index contributed by atoms with van der Waals surface area (Å²) >= 11 is 5.74. The first-order chi connectivity index (χ1) is 11.4. The highest BCUT2D eigenvalue weighted by molar-refractivity contribution is 7.89. The number of aryl methyl sites for hydroxylation is 1. The molecule has 0 bridgehead atoms. The van der Waals surface area contributed by atoms with Crippen molar-refractivity contribution in [1.29, 1.82) is 0 Å². The molecule has 2 aromatic rings. The van der Waals surface area contributed by atoms with Gasteiger partial charge in [-0.25, -0.2) is 13.4 Å². The molecular weight excluding hydrogens is 352 g/mol. The van der Waals surface area contributed by atoms with Crippen LogP contribution >= 0.6 is 11.6 Å². The third-order valence-electron chi connectivity index (χ3n) is 3.30. The van der Waals surface area contributed by atoms with Crippen LogP contribution < -0.4 is 10.0 Å². The van der Waals surface area contributed by atoms with Crippen LogP contribution in [-0.2, 0) is 21.4 Å². The molecule has 130 valence electrons. The summed E-state index contributed by atoms with van der Waals surface area (Å²) in [6.07, 6.45) is 5.94. The zero-order chi connectivity index (χ0) is 17.6. The number of carbonyl (C=O) groups is 1. The maximum Gasteiger partial charge on any atom is 0.241 e. The Hall–Kier alpha value is -1.90. The van der Waals surface area contributed by atoms with Crippen LogP contribution in [0.2, 0.25) is 5.02 Å². The van der Waals surface area contributed by atoms with E-state index in [1.54, 1.807) is 12.5 Å². The lowest BCUT2D eigenvalue weighted by Gasteiger charge is -2.14. The van der Waals surface area contributed by atoms with E-state index >= 15 is 0 Å². The van der Waals surface area contributed by atoms with E-state index in [9.17, 15) is 13.2 Å². The van der Waals surface area contributed by atoms with Crippen molar-refractivity contribution in [2.24, 2.45) is 0 Å². The first-order valence-corrected chi connectivity index (χ1v) is 9.26. The molecule has 1 heterocycles. The van der Waals surface area contributed by atoms with Crippen molar-refractivity contribution in [3.8, 4) is 0 Å². The Bertz CT molecular complexity index is 761. The predicted molar refractivity (Wildman–Crippen MR) is 91.1 cm³/mol.